The van der Waals surface area contributed by atoms with Gasteiger partial charge < -0.3 is 0 Å². The van der Waals surface area contributed by atoms with Crippen molar-refractivity contribution in [1.82, 2.24) is 9.97 Å². The van der Waals surface area contributed by atoms with Gasteiger partial charge in [-0.1, -0.05) is 42.1 Å². The standard InChI is InChI=1S/C12H10N2OS/c15-8-11-12(14-7-6-13-11)16-9-10-4-2-1-3-5-10/h1-8H,9H2. The van der Waals surface area contributed by atoms with Crippen molar-refractivity contribution in [3.05, 3.63) is 54.0 Å². The number of thioether (sulfide) groups is 1. The quantitative estimate of drug-likeness (QED) is 0.598. The van der Waals surface area contributed by atoms with E-state index in [1.54, 1.807) is 6.20 Å². The van der Waals surface area contributed by atoms with E-state index in [1.165, 1.54) is 23.5 Å². The van der Waals surface area contributed by atoms with Gasteiger partial charge in [-0.05, 0) is 5.56 Å². The summed E-state index contributed by atoms with van der Waals surface area (Å²) in [6.45, 7) is 0. The van der Waals surface area contributed by atoms with E-state index in [0.717, 1.165) is 12.0 Å². The molecule has 0 aliphatic rings. The second-order valence-electron chi connectivity index (χ2n) is 3.14. The van der Waals surface area contributed by atoms with Gasteiger partial charge in [0.2, 0.25) is 0 Å². The Hall–Kier alpha value is -1.68. The minimum atomic E-state index is 0.406. The molecule has 1 aromatic carbocycles. The molecule has 0 saturated carbocycles. The summed E-state index contributed by atoms with van der Waals surface area (Å²) in [6, 6.07) is 10.1. The van der Waals surface area contributed by atoms with E-state index < -0.39 is 0 Å². The number of benzene rings is 1. The largest absolute Gasteiger partial charge is 0.296 e. The predicted octanol–water partition coefficient (Wildman–Crippen LogP) is 2.58. The van der Waals surface area contributed by atoms with Crippen LogP contribution in [-0.4, -0.2) is 16.3 Å². The molecular weight excluding hydrogens is 220 g/mol. The van der Waals surface area contributed by atoms with Crippen LogP contribution in [0.4, 0.5) is 0 Å². The molecule has 3 nitrogen and oxygen atoms in total. The Morgan fingerprint density at radius 3 is 2.62 bits per heavy atom. The Balaban J connectivity index is 2.08. The second kappa shape index (κ2) is 5.42. The fourth-order valence-electron chi connectivity index (χ4n) is 1.25. The fraction of sp³-hybridized carbons (Fsp3) is 0.0833. The summed E-state index contributed by atoms with van der Waals surface area (Å²) >= 11 is 1.52. The highest BCUT2D eigenvalue weighted by Gasteiger charge is 2.04. The van der Waals surface area contributed by atoms with E-state index in [-0.39, 0.29) is 0 Å². The molecule has 0 spiro atoms. The first-order valence-electron chi connectivity index (χ1n) is 4.83. The van der Waals surface area contributed by atoms with Crippen molar-refractivity contribution in [2.45, 2.75) is 10.8 Å². The Morgan fingerprint density at radius 1 is 1.12 bits per heavy atom. The molecule has 0 aliphatic carbocycles. The minimum Gasteiger partial charge on any atom is -0.296 e. The van der Waals surface area contributed by atoms with Gasteiger partial charge in [0, 0.05) is 18.1 Å². The lowest BCUT2D eigenvalue weighted by Gasteiger charge is -2.02. The lowest BCUT2D eigenvalue weighted by Crippen LogP contribution is -1.93. The maximum absolute atomic E-state index is 10.7. The van der Waals surface area contributed by atoms with Gasteiger partial charge in [0.25, 0.3) is 0 Å². The van der Waals surface area contributed by atoms with E-state index in [9.17, 15) is 4.79 Å². The molecule has 0 bridgehead atoms. The number of nitrogens with zero attached hydrogens (tertiary/aromatic N) is 2. The molecule has 0 radical (unpaired) electrons. The van der Waals surface area contributed by atoms with Crippen LogP contribution in [-0.2, 0) is 5.75 Å². The van der Waals surface area contributed by atoms with E-state index in [4.69, 9.17) is 0 Å². The number of carbonyl (C=O) groups is 1. The number of hydrogen-bond donors (Lipinski definition) is 0. The zero-order chi connectivity index (χ0) is 11.2. The van der Waals surface area contributed by atoms with Gasteiger partial charge >= 0.3 is 0 Å². The molecule has 16 heavy (non-hydrogen) atoms. The van der Waals surface area contributed by atoms with Crippen molar-refractivity contribution in [2.75, 3.05) is 0 Å². The third-order valence-electron chi connectivity index (χ3n) is 2.02. The first-order chi connectivity index (χ1) is 7.90. The zero-order valence-corrected chi connectivity index (χ0v) is 9.35. The number of carbonyl (C=O) groups excluding carboxylic acids is 1. The highest BCUT2D eigenvalue weighted by Crippen LogP contribution is 2.21. The molecule has 80 valence electrons. The molecule has 0 unspecified atom stereocenters. The van der Waals surface area contributed by atoms with Crippen molar-refractivity contribution < 1.29 is 4.79 Å². The fourth-order valence-corrected chi connectivity index (χ4v) is 2.13. The first-order valence-corrected chi connectivity index (χ1v) is 5.81. The van der Waals surface area contributed by atoms with Crippen molar-refractivity contribution in [3.63, 3.8) is 0 Å². The van der Waals surface area contributed by atoms with E-state index >= 15 is 0 Å². The molecule has 2 rings (SSSR count). The van der Waals surface area contributed by atoms with E-state index in [0.29, 0.717) is 10.7 Å². The molecule has 0 saturated heterocycles. The van der Waals surface area contributed by atoms with Crippen LogP contribution in [0.2, 0.25) is 0 Å². The Morgan fingerprint density at radius 2 is 1.88 bits per heavy atom. The number of hydrogen-bond acceptors (Lipinski definition) is 4. The maximum Gasteiger partial charge on any atom is 0.171 e. The van der Waals surface area contributed by atoms with E-state index in [1.807, 2.05) is 30.3 Å². The number of aldehydes is 1. The van der Waals surface area contributed by atoms with Crippen molar-refractivity contribution in [1.29, 1.82) is 0 Å². The molecule has 0 aliphatic heterocycles. The van der Waals surface area contributed by atoms with Gasteiger partial charge in [0.1, 0.15) is 10.7 Å². The first kappa shape index (κ1) is 10.8. The van der Waals surface area contributed by atoms with Gasteiger partial charge in [-0.15, -0.1) is 0 Å². The summed E-state index contributed by atoms with van der Waals surface area (Å²) in [5, 5.41) is 0.682. The molecule has 0 atom stereocenters. The van der Waals surface area contributed by atoms with Crippen molar-refractivity contribution >= 4 is 18.0 Å². The lowest BCUT2D eigenvalue weighted by atomic mass is 10.2. The van der Waals surface area contributed by atoms with Crippen LogP contribution in [0.25, 0.3) is 0 Å². The molecule has 1 aromatic heterocycles. The third-order valence-corrected chi connectivity index (χ3v) is 3.09. The highest BCUT2D eigenvalue weighted by atomic mass is 32.2. The van der Waals surface area contributed by atoms with Crippen LogP contribution < -0.4 is 0 Å². The molecule has 0 amide bonds. The van der Waals surface area contributed by atoms with Gasteiger partial charge in [-0.3, -0.25) is 4.79 Å². The van der Waals surface area contributed by atoms with E-state index in [2.05, 4.69) is 9.97 Å². The lowest BCUT2D eigenvalue weighted by molar-refractivity contribution is 0.111. The Labute approximate surface area is 97.9 Å². The SMILES string of the molecule is O=Cc1nccnc1SCc1ccccc1. The summed E-state index contributed by atoms with van der Waals surface area (Å²) < 4.78 is 0. The van der Waals surface area contributed by atoms with Gasteiger partial charge in [-0.2, -0.15) is 0 Å². The molecule has 2 aromatic rings. The average Bonchev–Trinajstić information content (AvgIpc) is 2.38. The van der Waals surface area contributed by atoms with Crippen LogP contribution in [0.1, 0.15) is 16.1 Å². The smallest absolute Gasteiger partial charge is 0.171 e. The number of aromatic nitrogens is 2. The summed E-state index contributed by atoms with van der Waals surface area (Å²) in [6.07, 6.45) is 3.86. The zero-order valence-electron chi connectivity index (χ0n) is 8.54. The second-order valence-corrected chi connectivity index (χ2v) is 4.10. The van der Waals surface area contributed by atoms with Gasteiger partial charge in [0.15, 0.2) is 6.29 Å². The van der Waals surface area contributed by atoms with Crippen LogP contribution in [0, 0.1) is 0 Å². The van der Waals surface area contributed by atoms with Crippen LogP contribution in [0.15, 0.2) is 47.8 Å². The van der Waals surface area contributed by atoms with Crippen LogP contribution >= 0.6 is 11.8 Å². The molecule has 4 heteroatoms. The molecule has 0 N–H and O–H groups in total. The monoisotopic (exact) mass is 230 g/mol. The minimum absolute atomic E-state index is 0.406. The summed E-state index contributed by atoms with van der Waals surface area (Å²) in [4.78, 5) is 18.8. The Kier molecular flexibility index (Phi) is 3.66. The van der Waals surface area contributed by atoms with Crippen LogP contribution in [0.3, 0.4) is 0 Å². The topological polar surface area (TPSA) is 42.9 Å². The van der Waals surface area contributed by atoms with Gasteiger partial charge in [0.05, 0.1) is 0 Å². The van der Waals surface area contributed by atoms with Gasteiger partial charge in [-0.25, -0.2) is 9.97 Å². The number of rotatable bonds is 4. The molecular formula is C12H10N2OS. The third kappa shape index (κ3) is 2.67. The normalized spacial score (nSPS) is 10.0. The van der Waals surface area contributed by atoms with Crippen LogP contribution in [0.5, 0.6) is 0 Å². The summed E-state index contributed by atoms with van der Waals surface area (Å²) in [7, 11) is 0. The summed E-state index contributed by atoms with van der Waals surface area (Å²) in [5.74, 6) is 0.792. The predicted molar refractivity (Wildman–Crippen MR) is 63.4 cm³/mol. The molecule has 1 heterocycles. The van der Waals surface area contributed by atoms with Crippen molar-refractivity contribution in [2.24, 2.45) is 0 Å². The maximum atomic E-state index is 10.7. The highest BCUT2D eigenvalue weighted by molar-refractivity contribution is 7.98. The molecule has 0 fully saturated rings. The average molecular weight is 230 g/mol. The Bertz CT molecular complexity index is 473. The van der Waals surface area contributed by atoms with Crippen molar-refractivity contribution in [3.8, 4) is 0 Å². The summed E-state index contributed by atoms with van der Waals surface area (Å²) in [5.41, 5.74) is 1.61.